The van der Waals surface area contributed by atoms with E-state index in [9.17, 15) is 8.78 Å². The average Bonchev–Trinajstić information content (AvgIpc) is 1.97. The molecule has 0 radical (unpaired) electrons. The summed E-state index contributed by atoms with van der Waals surface area (Å²) in [6.45, 7) is 6.86. The van der Waals surface area contributed by atoms with Crippen LogP contribution in [0.3, 0.4) is 0 Å². The van der Waals surface area contributed by atoms with Gasteiger partial charge >= 0.3 is 0 Å². The maximum absolute atomic E-state index is 13.3. The Morgan fingerprint density at radius 1 is 1.07 bits per heavy atom. The van der Waals surface area contributed by atoms with Crippen molar-refractivity contribution in [2.45, 2.75) is 33.3 Å². The first-order valence-electron chi connectivity index (χ1n) is 4.44. The summed E-state index contributed by atoms with van der Waals surface area (Å²) >= 11 is 0. The third kappa shape index (κ3) is 2.69. The number of ether oxygens (including phenoxy) is 1. The molecule has 0 aliphatic heterocycles. The van der Waals surface area contributed by atoms with Crippen LogP contribution in [0.2, 0.25) is 0 Å². The summed E-state index contributed by atoms with van der Waals surface area (Å²) in [6.07, 6.45) is 0. The third-order valence-electron chi connectivity index (χ3n) is 1.63. The monoisotopic (exact) mass is 200 g/mol. The van der Waals surface area contributed by atoms with Crippen molar-refractivity contribution in [3.05, 3.63) is 29.3 Å². The second kappa shape index (κ2) is 3.56. The fourth-order valence-corrected chi connectivity index (χ4v) is 1.04. The highest BCUT2D eigenvalue weighted by molar-refractivity contribution is 5.30. The molecule has 0 aliphatic carbocycles. The van der Waals surface area contributed by atoms with Gasteiger partial charge in [0.25, 0.3) is 0 Å². The Balaban J connectivity index is 3.04. The first kappa shape index (κ1) is 11.0. The highest BCUT2D eigenvalue weighted by Gasteiger charge is 2.16. The molecule has 0 aromatic heterocycles. The summed E-state index contributed by atoms with van der Waals surface area (Å²) in [6, 6.07) is 2.21. The van der Waals surface area contributed by atoms with E-state index < -0.39 is 17.2 Å². The Bertz CT molecular complexity index is 340. The first-order valence-corrected chi connectivity index (χ1v) is 4.44. The zero-order valence-corrected chi connectivity index (χ0v) is 8.82. The van der Waals surface area contributed by atoms with E-state index in [4.69, 9.17) is 4.74 Å². The minimum atomic E-state index is -0.529. The van der Waals surface area contributed by atoms with E-state index in [1.54, 1.807) is 20.8 Å². The van der Waals surface area contributed by atoms with Gasteiger partial charge in [0, 0.05) is 6.07 Å². The molecular formula is C11H14F2O. The van der Waals surface area contributed by atoms with Crippen LogP contribution in [0.15, 0.2) is 12.1 Å². The summed E-state index contributed by atoms with van der Waals surface area (Å²) in [5, 5.41) is 0. The van der Waals surface area contributed by atoms with Gasteiger partial charge in [0.05, 0.1) is 0 Å². The topological polar surface area (TPSA) is 9.23 Å². The van der Waals surface area contributed by atoms with Crippen LogP contribution in [0.4, 0.5) is 8.78 Å². The second-order valence-corrected chi connectivity index (χ2v) is 4.25. The lowest BCUT2D eigenvalue weighted by Crippen LogP contribution is -2.23. The number of benzene rings is 1. The average molecular weight is 200 g/mol. The molecule has 0 bridgehead atoms. The minimum absolute atomic E-state index is 0.0411. The zero-order valence-electron chi connectivity index (χ0n) is 8.82. The molecule has 0 aliphatic rings. The summed E-state index contributed by atoms with van der Waals surface area (Å²) in [4.78, 5) is 0. The van der Waals surface area contributed by atoms with E-state index in [0.29, 0.717) is 0 Å². The molecule has 0 unspecified atom stereocenters. The first-order chi connectivity index (χ1) is 6.29. The van der Waals surface area contributed by atoms with Crippen LogP contribution in [0.5, 0.6) is 5.75 Å². The van der Waals surface area contributed by atoms with Gasteiger partial charge in [0.1, 0.15) is 11.4 Å². The molecule has 0 fully saturated rings. The largest absolute Gasteiger partial charge is 0.485 e. The predicted octanol–water partition coefficient (Wildman–Crippen LogP) is 3.45. The van der Waals surface area contributed by atoms with Crippen molar-refractivity contribution in [2.75, 3.05) is 0 Å². The van der Waals surface area contributed by atoms with Crippen molar-refractivity contribution in [3.8, 4) is 5.75 Å². The molecule has 78 valence electrons. The molecule has 0 heterocycles. The molecule has 0 saturated carbocycles. The molecule has 0 spiro atoms. The molecule has 1 aromatic rings. The fraction of sp³-hybridized carbons (Fsp3) is 0.455. The van der Waals surface area contributed by atoms with Crippen LogP contribution in [-0.2, 0) is 0 Å². The molecule has 0 saturated heterocycles. The molecular weight excluding hydrogens is 186 g/mol. The van der Waals surface area contributed by atoms with E-state index in [-0.39, 0.29) is 11.3 Å². The SMILES string of the molecule is Cc1cc(F)c(OC(C)(C)C)cc1F. The molecule has 0 N–H and O–H groups in total. The van der Waals surface area contributed by atoms with Crippen LogP contribution in [-0.4, -0.2) is 5.60 Å². The Labute approximate surface area is 82.7 Å². The van der Waals surface area contributed by atoms with Crippen LogP contribution in [0.1, 0.15) is 26.3 Å². The molecule has 0 atom stereocenters. The predicted molar refractivity (Wildman–Crippen MR) is 51.5 cm³/mol. The van der Waals surface area contributed by atoms with Gasteiger partial charge in [-0.05, 0) is 39.3 Å². The lowest BCUT2D eigenvalue weighted by atomic mass is 10.1. The van der Waals surface area contributed by atoms with E-state index in [1.807, 2.05) is 0 Å². The van der Waals surface area contributed by atoms with E-state index in [2.05, 4.69) is 0 Å². The molecule has 1 nitrogen and oxygen atoms in total. The third-order valence-corrected chi connectivity index (χ3v) is 1.63. The Kier molecular flexibility index (Phi) is 2.79. The van der Waals surface area contributed by atoms with Gasteiger partial charge in [-0.3, -0.25) is 0 Å². The van der Waals surface area contributed by atoms with Crippen LogP contribution in [0, 0.1) is 18.6 Å². The lowest BCUT2D eigenvalue weighted by Gasteiger charge is -2.21. The molecule has 14 heavy (non-hydrogen) atoms. The summed E-state index contributed by atoms with van der Waals surface area (Å²) in [7, 11) is 0. The second-order valence-electron chi connectivity index (χ2n) is 4.25. The van der Waals surface area contributed by atoms with Crippen molar-refractivity contribution in [2.24, 2.45) is 0 Å². The van der Waals surface area contributed by atoms with Gasteiger partial charge in [0.2, 0.25) is 0 Å². The van der Waals surface area contributed by atoms with Gasteiger partial charge in [-0.1, -0.05) is 0 Å². The van der Waals surface area contributed by atoms with E-state index >= 15 is 0 Å². The number of hydrogen-bond acceptors (Lipinski definition) is 1. The number of hydrogen-bond donors (Lipinski definition) is 0. The summed E-state index contributed by atoms with van der Waals surface area (Å²) in [5.74, 6) is -1.02. The van der Waals surface area contributed by atoms with Crippen LogP contribution in [0.25, 0.3) is 0 Å². The van der Waals surface area contributed by atoms with Crippen molar-refractivity contribution in [1.29, 1.82) is 0 Å². The van der Waals surface area contributed by atoms with Crippen molar-refractivity contribution in [3.63, 3.8) is 0 Å². The Morgan fingerprint density at radius 2 is 1.64 bits per heavy atom. The Morgan fingerprint density at radius 3 is 2.14 bits per heavy atom. The zero-order chi connectivity index (χ0) is 10.9. The van der Waals surface area contributed by atoms with Crippen LogP contribution < -0.4 is 4.74 Å². The maximum Gasteiger partial charge on any atom is 0.165 e. The maximum atomic E-state index is 13.3. The highest BCUT2D eigenvalue weighted by Crippen LogP contribution is 2.24. The van der Waals surface area contributed by atoms with Crippen molar-refractivity contribution >= 4 is 0 Å². The number of aryl methyl sites for hydroxylation is 1. The standard InChI is InChI=1S/C11H14F2O/c1-7-5-9(13)10(6-8(7)12)14-11(2,3)4/h5-6H,1-4H3. The summed E-state index contributed by atoms with van der Waals surface area (Å²) in [5.41, 5.74) is -0.244. The molecule has 1 rings (SSSR count). The van der Waals surface area contributed by atoms with Crippen LogP contribution >= 0.6 is 0 Å². The van der Waals surface area contributed by atoms with Gasteiger partial charge in [-0.2, -0.15) is 0 Å². The summed E-state index contributed by atoms with van der Waals surface area (Å²) < 4.78 is 31.6. The highest BCUT2D eigenvalue weighted by atomic mass is 19.1. The van der Waals surface area contributed by atoms with E-state index in [1.165, 1.54) is 6.92 Å². The molecule has 1 aromatic carbocycles. The molecule has 3 heteroatoms. The van der Waals surface area contributed by atoms with Gasteiger partial charge in [-0.15, -0.1) is 0 Å². The Hall–Kier alpha value is -1.12. The minimum Gasteiger partial charge on any atom is -0.485 e. The van der Waals surface area contributed by atoms with Gasteiger partial charge < -0.3 is 4.74 Å². The van der Waals surface area contributed by atoms with Crippen molar-refractivity contribution < 1.29 is 13.5 Å². The van der Waals surface area contributed by atoms with Gasteiger partial charge in [0.15, 0.2) is 11.6 Å². The molecule has 0 amide bonds. The lowest BCUT2D eigenvalue weighted by molar-refractivity contribution is 0.123. The number of halogens is 2. The number of rotatable bonds is 1. The smallest absolute Gasteiger partial charge is 0.165 e. The van der Waals surface area contributed by atoms with E-state index in [0.717, 1.165) is 12.1 Å². The van der Waals surface area contributed by atoms with Gasteiger partial charge in [-0.25, -0.2) is 8.78 Å². The van der Waals surface area contributed by atoms with Crippen molar-refractivity contribution in [1.82, 2.24) is 0 Å². The normalized spacial score (nSPS) is 11.6. The fourth-order valence-electron chi connectivity index (χ4n) is 1.04. The quantitative estimate of drug-likeness (QED) is 0.674.